The van der Waals surface area contributed by atoms with Gasteiger partial charge in [0.1, 0.15) is 18.5 Å². The van der Waals surface area contributed by atoms with E-state index in [-0.39, 0.29) is 24.2 Å². The number of carboxylic acids is 1. The number of anilines is 1. The number of nitrogens with zero attached hydrogens (tertiary/aromatic N) is 3. The largest absolute Gasteiger partial charge is 0.478 e. The van der Waals surface area contributed by atoms with Crippen LogP contribution in [0.2, 0.25) is 0 Å². The average Bonchev–Trinajstić information content (AvgIpc) is 2.91. The second kappa shape index (κ2) is 5.91. The summed E-state index contributed by atoms with van der Waals surface area (Å²) in [7, 11) is 0. The van der Waals surface area contributed by atoms with Crippen molar-refractivity contribution in [3.05, 3.63) is 42.2 Å². The number of nitrogens with one attached hydrogen (secondary N) is 1. The van der Waals surface area contributed by atoms with Crippen LogP contribution < -0.4 is 5.32 Å². The SMILES string of the molecule is O=C(CCn1cncn1)Nc1c(F)cccc1C(=O)O. The maximum absolute atomic E-state index is 13.6. The highest BCUT2D eigenvalue weighted by molar-refractivity contribution is 6.00. The van der Waals surface area contributed by atoms with Gasteiger partial charge in [0.2, 0.25) is 5.91 Å². The zero-order valence-corrected chi connectivity index (χ0v) is 10.3. The first kappa shape index (κ1) is 13.7. The van der Waals surface area contributed by atoms with Gasteiger partial charge in [0, 0.05) is 6.42 Å². The molecule has 0 aliphatic heterocycles. The topological polar surface area (TPSA) is 97.1 Å². The van der Waals surface area contributed by atoms with Crippen LogP contribution in [-0.2, 0) is 11.3 Å². The molecule has 0 saturated carbocycles. The van der Waals surface area contributed by atoms with Gasteiger partial charge in [-0.3, -0.25) is 9.48 Å². The number of aromatic nitrogens is 3. The zero-order valence-electron chi connectivity index (χ0n) is 10.3. The number of benzene rings is 1. The molecule has 8 heteroatoms. The van der Waals surface area contributed by atoms with Crippen LogP contribution in [0.3, 0.4) is 0 Å². The summed E-state index contributed by atoms with van der Waals surface area (Å²) in [5, 5.41) is 15.0. The number of carbonyl (C=O) groups excluding carboxylic acids is 1. The minimum atomic E-state index is -1.31. The van der Waals surface area contributed by atoms with Gasteiger partial charge < -0.3 is 10.4 Å². The van der Waals surface area contributed by atoms with Gasteiger partial charge in [-0.2, -0.15) is 5.10 Å². The molecule has 0 spiro atoms. The number of amides is 1. The van der Waals surface area contributed by atoms with Gasteiger partial charge >= 0.3 is 5.97 Å². The molecule has 0 fully saturated rings. The number of halogens is 1. The molecule has 1 amide bonds. The number of hydrogen-bond donors (Lipinski definition) is 2. The number of rotatable bonds is 5. The summed E-state index contributed by atoms with van der Waals surface area (Å²) in [5.41, 5.74) is -0.623. The summed E-state index contributed by atoms with van der Waals surface area (Å²) in [6.45, 7) is 0.267. The molecule has 1 aromatic heterocycles. The van der Waals surface area contributed by atoms with Gasteiger partial charge in [-0.05, 0) is 12.1 Å². The predicted molar refractivity (Wildman–Crippen MR) is 66.6 cm³/mol. The predicted octanol–water partition coefficient (Wildman–Crippen LogP) is 1.14. The molecule has 7 nitrogen and oxygen atoms in total. The highest BCUT2D eigenvalue weighted by Crippen LogP contribution is 2.20. The van der Waals surface area contributed by atoms with E-state index in [1.54, 1.807) is 0 Å². The monoisotopic (exact) mass is 278 g/mol. The van der Waals surface area contributed by atoms with E-state index in [0.717, 1.165) is 6.07 Å². The number of carbonyl (C=O) groups is 2. The summed E-state index contributed by atoms with van der Waals surface area (Å²) in [4.78, 5) is 26.4. The molecule has 2 rings (SSSR count). The van der Waals surface area contributed by atoms with Crippen LogP contribution in [0.1, 0.15) is 16.8 Å². The Kier molecular flexibility index (Phi) is 4.04. The molecule has 0 atom stereocenters. The van der Waals surface area contributed by atoms with Crippen molar-refractivity contribution in [2.24, 2.45) is 0 Å². The second-order valence-electron chi connectivity index (χ2n) is 3.92. The van der Waals surface area contributed by atoms with E-state index in [1.165, 1.54) is 29.5 Å². The summed E-state index contributed by atoms with van der Waals surface area (Å²) < 4.78 is 15.0. The Balaban J connectivity index is 2.06. The van der Waals surface area contributed by atoms with E-state index in [0.29, 0.717) is 0 Å². The number of hydrogen-bond acceptors (Lipinski definition) is 4. The fourth-order valence-corrected chi connectivity index (χ4v) is 1.60. The lowest BCUT2D eigenvalue weighted by molar-refractivity contribution is -0.116. The number of para-hydroxylation sites is 1. The molecule has 2 aromatic rings. The molecular formula is C12H11FN4O3. The molecule has 0 radical (unpaired) electrons. The van der Waals surface area contributed by atoms with Crippen molar-refractivity contribution in [3.8, 4) is 0 Å². The second-order valence-corrected chi connectivity index (χ2v) is 3.92. The quantitative estimate of drug-likeness (QED) is 0.854. The summed E-state index contributed by atoms with van der Waals surface area (Å²) in [6.07, 6.45) is 2.80. The molecule has 20 heavy (non-hydrogen) atoms. The first-order chi connectivity index (χ1) is 9.58. The zero-order chi connectivity index (χ0) is 14.5. The van der Waals surface area contributed by atoms with E-state index in [4.69, 9.17) is 5.11 Å². The van der Waals surface area contributed by atoms with Crippen molar-refractivity contribution in [2.45, 2.75) is 13.0 Å². The number of carboxylic acid groups (broad SMARTS) is 1. The molecule has 104 valence electrons. The van der Waals surface area contributed by atoms with Gasteiger partial charge in [0.05, 0.1) is 17.8 Å². The van der Waals surface area contributed by atoms with E-state index >= 15 is 0 Å². The normalized spacial score (nSPS) is 10.2. The first-order valence-corrected chi connectivity index (χ1v) is 5.72. The fourth-order valence-electron chi connectivity index (χ4n) is 1.60. The van der Waals surface area contributed by atoms with Crippen LogP contribution in [0.4, 0.5) is 10.1 Å². The van der Waals surface area contributed by atoms with Crippen LogP contribution in [-0.4, -0.2) is 31.7 Å². The first-order valence-electron chi connectivity index (χ1n) is 5.72. The Bertz CT molecular complexity index is 628. The highest BCUT2D eigenvalue weighted by Gasteiger charge is 2.16. The van der Waals surface area contributed by atoms with Crippen molar-refractivity contribution < 1.29 is 19.1 Å². The third kappa shape index (κ3) is 3.16. The summed E-state index contributed by atoms with van der Waals surface area (Å²) in [6, 6.07) is 3.57. The third-order valence-corrected chi connectivity index (χ3v) is 2.54. The lowest BCUT2D eigenvalue weighted by Gasteiger charge is -2.09. The minimum Gasteiger partial charge on any atom is -0.478 e. The van der Waals surface area contributed by atoms with Crippen LogP contribution >= 0.6 is 0 Å². The lowest BCUT2D eigenvalue weighted by atomic mass is 10.1. The standard InChI is InChI=1S/C12H11FN4O3/c13-9-3-1-2-8(12(19)20)11(9)16-10(18)4-5-17-7-14-6-15-17/h1-3,6-7H,4-5H2,(H,16,18)(H,19,20). The average molecular weight is 278 g/mol. The van der Waals surface area contributed by atoms with Crippen molar-refractivity contribution in [3.63, 3.8) is 0 Å². The maximum atomic E-state index is 13.6. The van der Waals surface area contributed by atoms with E-state index in [2.05, 4.69) is 15.4 Å². The molecule has 1 aromatic carbocycles. The highest BCUT2D eigenvalue weighted by atomic mass is 19.1. The van der Waals surface area contributed by atoms with Gasteiger partial charge in [0.25, 0.3) is 0 Å². The van der Waals surface area contributed by atoms with E-state index in [1.807, 2.05) is 0 Å². The van der Waals surface area contributed by atoms with Crippen molar-refractivity contribution >= 4 is 17.6 Å². The maximum Gasteiger partial charge on any atom is 0.337 e. The summed E-state index contributed by atoms with van der Waals surface area (Å²) >= 11 is 0. The Morgan fingerprint density at radius 3 is 2.85 bits per heavy atom. The molecule has 0 aliphatic rings. The van der Waals surface area contributed by atoms with Crippen LogP contribution in [0, 0.1) is 5.82 Å². The Labute approximate surface area is 113 Å². The Morgan fingerprint density at radius 1 is 1.40 bits per heavy atom. The van der Waals surface area contributed by atoms with Crippen LogP contribution in [0.15, 0.2) is 30.9 Å². The summed E-state index contributed by atoms with van der Waals surface area (Å²) in [5.74, 6) is -2.61. The van der Waals surface area contributed by atoms with Crippen molar-refractivity contribution in [2.75, 3.05) is 5.32 Å². The molecule has 2 N–H and O–H groups in total. The van der Waals surface area contributed by atoms with E-state index < -0.39 is 17.7 Å². The van der Waals surface area contributed by atoms with E-state index in [9.17, 15) is 14.0 Å². The third-order valence-electron chi connectivity index (χ3n) is 2.54. The molecule has 0 saturated heterocycles. The molecule has 0 unspecified atom stereocenters. The van der Waals surface area contributed by atoms with Crippen LogP contribution in [0.25, 0.3) is 0 Å². The Hall–Kier alpha value is -2.77. The van der Waals surface area contributed by atoms with Crippen LogP contribution in [0.5, 0.6) is 0 Å². The smallest absolute Gasteiger partial charge is 0.337 e. The van der Waals surface area contributed by atoms with Gasteiger partial charge in [-0.15, -0.1) is 0 Å². The molecule has 0 bridgehead atoms. The fraction of sp³-hybridized carbons (Fsp3) is 0.167. The minimum absolute atomic E-state index is 0.0246. The number of aromatic carboxylic acids is 1. The van der Waals surface area contributed by atoms with Crippen molar-refractivity contribution in [1.82, 2.24) is 14.8 Å². The Morgan fingerprint density at radius 2 is 2.20 bits per heavy atom. The molecular weight excluding hydrogens is 267 g/mol. The molecule has 0 aliphatic carbocycles. The van der Waals surface area contributed by atoms with Gasteiger partial charge in [-0.25, -0.2) is 14.2 Å². The van der Waals surface area contributed by atoms with Crippen molar-refractivity contribution in [1.29, 1.82) is 0 Å². The molecule has 1 heterocycles. The van der Waals surface area contributed by atoms with Gasteiger partial charge in [0.15, 0.2) is 0 Å². The van der Waals surface area contributed by atoms with Gasteiger partial charge in [-0.1, -0.05) is 6.07 Å². The number of aryl methyl sites for hydroxylation is 1. The lowest BCUT2D eigenvalue weighted by Crippen LogP contribution is -2.18.